The van der Waals surface area contributed by atoms with Crippen molar-refractivity contribution in [2.24, 2.45) is 5.73 Å². The van der Waals surface area contributed by atoms with E-state index in [1.54, 1.807) is 18.2 Å². The molecule has 9 heteroatoms. The third kappa shape index (κ3) is 5.32. The van der Waals surface area contributed by atoms with Crippen LogP contribution in [0.1, 0.15) is 10.4 Å². The highest BCUT2D eigenvalue weighted by Crippen LogP contribution is 2.22. The smallest absolute Gasteiger partial charge is 0.366 e. The molecule has 3 rings (SSSR count). The lowest BCUT2D eigenvalue weighted by Crippen LogP contribution is -2.17. The van der Waals surface area contributed by atoms with Crippen molar-refractivity contribution in [1.82, 2.24) is 9.78 Å². The Morgan fingerprint density at radius 1 is 1.08 bits per heavy atom. The minimum atomic E-state index is -4.60. The number of carbonyl (C=O) groups excluding carboxylic acids is 1. The van der Waals surface area contributed by atoms with Gasteiger partial charge in [0.05, 0.1) is 11.8 Å². The fourth-order valence-corrected chi connectivity index (χ4v) is 2.03. The van der Waals surface area contributed by atoms with E-state index in [1.165, 1.54) is 12.1 Å². The maximum absolute atomic E-state index is 12.9. The van der Waals surface area contributed by atoms with Gasteiger partial charge in [0.2, 0.25) is 0 Å². The summed E-state index contributed by atoms with van der Waals surface area (Å²) in [4.78, 5) is 10.3. The van der Waals surface area contributed by atoms with Crippen molar-refractivity contribution in [3.63, 3.8) is 0 Å². The van der Waals surface area contributed by atoms with Gasteiger partial charge in [0.25, 0.3) is 5.91 Å². The summed E-state index contributed by atoms with van der Waals surface area (Å²) in [5.74, 6) is -1.16. The summed E-state index contributed by atoms with van der Waals surface area (Å²) in [6.45, 7) is 0. The van der Waals surface area contributed by atoms with E-state index in [2.05, 4.69) is 5.10 Å². The van der Waals surface area contributed by atoms with Gasteiger partial charge in [-0.2, -0.15) is 9.78 Å². The quantitative estimate of drug-likeness (QED) is 0.655. The maximum atomic E-state index is 12.9. The van der Waals surface area contributed by atoms with Gasteiger partial charge in [-0.1, -0.05) is 35.9 Å². The van der Waals surface area contributed by atoms with Crippen LogP contribution in [0.5, 0.6) is 0 Å². The SMILES string of the molecule is Fc1cccc(-c2ccc(Cl)cc2)c1.NC(=O)c1cnn(C(F)(F)F)c1. The molecule has 0 aliphatic rings. The first-order chi connectivity index (χ1) is 12.2. The minimum Gasteiger partial charge on any atom is -0.366 e. The highest BCUT2D eigenvalue weighted by Gasteiger charge is 2.31. The van der Waals surface area contributed by atoms with Crippen molar-refractivity contribution in [2.45, 2.75) is 6.30 Å². The standard InChI is InChI=1S/C12H8ClF.C5H4F3N3O/c13-11-6-4-9(5-7-11)10-2-1-3-12(14)8-10;6-5(7,8)11-2-3(1-10-11)4(9)12/h1-8H;1-2H,(H2,9,12). The van der Waals surface area contributed by atoms with Crippen molar-refractivity contribution in [2.75, 3.05) is 0 Å². The monoisotopic (exact) mass is 385 g/mol. The number of amides is 1. The maximum Gasteiger partial charge on any atom is 0.504 e. The van der Waals surface area contributed by atoms with Crippen LogP contribution in [0.3, 0.4) is 0 Å². The molecule has 0 radical (unpaired) electrons. The molecular formula is C17H12ClF4N3O. The summed E-state index contributed by atoms with van der Waals surface area (Å²) < 4.78 is 48.1. The van der Waals surface area contributed by atoms with Crippen molar-refractivity contribution in [1.29, 1.82) is 0 Å². The van der Waals surface area contributed by atoms with Gasteiger partial charge in [-0.05, 0) is 35.4 Å². The molecule has 0 atom stereocenters. The van der Waals surface area contributed by atoms with Crippen LogP contribution in [0.25, 0.3) is 11.1 Å². The fraction of sp³-hybridized carbons (Fsp3) is 0.0588. The lowest BCUT2D eigenvalue weighted by molar-refractivity contribution is -0.212. The third-order valence-corrected chi connectivity index (χ3v) is 3.38. The number of benzene rings is 2. The second-order valence-corrected chi connectivity index (χ2v) is 5.46. The summed E-state index contributed by atoms with van der Waals surface area (Å²) in [6.07, 6.45) is -3.31. The number of halogens is 5. The van der Waals surface area contributed by atoms with Crippen molar-refractivity contribution < 1.29 is 22.4 Å². The Kier molecular flexibility index (Phi) is 5.99. The molecule has 26 heavy (non-hydrogen) atoms. The number of nitrogens with two attached hydrogens (primary N) is 1. The van der Waals surface area contributed by atoms with Crippen LogP contribution in [0.2, 0.25) is 5.02 Å². The number of rotatable bonds is 2. The summed E-state index contributed by atoms with van der Waals surface area (Å²) >= 11 is 5.76. The first-order valence-corrected chi connectivity index (χ1v) is 7.48. The van der Waals surface area contributed by atoms with Crippen LogP contribution in [0.4, 0.5) is 17.6 Å². The number of hydrogen-bond acceptors (Lipinski definition) is 2. The zero-order chi connectivity index (χ0) is 19.3. The number of hydrogen-bond donors (Lipinski definition) is 1. The van der Waals surface area contributed by atoms with Gasteiger partial charge < -0.3 is 5.73 Å². The van der Waals surface area contributed by atoms with Crippen LogP contribution in [-0.4, -0.2) is 15.7 Å². The van der Waals surface area contributed by atoms with Crippen LogP contribution >= 0.6 is 11.6 Å². The van der Waals surface area contributed by atoms with E-state index in [-0.39, 0.29) is 16.1 Å². The second-order valence-electron chi connectivity index (χ2n) is 5.02. The van der Waals surface area contributed by atoms with E-state index in [9.17, 15) is 22.4 Å². The average molecular weight is 386 g/mol. The van der Waals surface area contributed by atoms with E-state index in [4.69, 9.17) is 17.3 Å². The first-order valence-electron chi connectivity index (χ1n) is 7.10. The Labute approximate surface area is 150 Å². The number of aromatic nitrogens is 2. The normalized spacial score (nSPS) is 10.8. The molecular weight excluding hydrogens is 374 g/mol. The lowest BCUT2D eigenvalue weighted by atomic mass is 10.1. The van der Waals surface area contributed by atoms with Crippen molar-refractivity contribution >= 4 is 17.5 Å². The van der Waals surface area contributed by atoms with Gasteiger partial charge in [-0.15, -0.1) is 13.2 Å². The summed E-state index contributed by atoms with van der Waals surface area (Å²) in [7, 11) is 0. The molecule has 1 heterocycles. The molecule has 0 spiro atoms. The third-order valence-electron chi connectivity index (χ3n) is 3.13. The lowest BCUT2D eigenvalue weighted by Gasteiger charge is -2.03. The van der Waals surface area contributed by atoms with Crippen LogP contribution < -0.4 is 5.73 Å². The second kappa shape index (κ2) is 8.01. The fourth-order valence-electron chi connectivity index (χ4n) is 1.90. The molecule has 3 aromatic rings. The van der Waals surface area contributed by atoms with Crippen LogP contribution in [-0.2, 0) is 6.30 Å². The van der Waals surface area contributed by atoms with Gasteiger partial charge in [-0.25, -0.2) is 4.39 Å². The molecule has 0 aliphatic carbocycles. The predicted molar refractivity (Wildman–Crippen MR) is 88.9 cm³/mol. The van der Waals surface area contributed by atoms with Gasteiger partial charge >= 0.3 is 6.30 Å². The molecule has 2 N–H and O–H groups in total. The molecule has 1 amide bonds. The topological polar surface area (TPSA) is 60.9 Å². The van der Waals surface area contributed by atoms with Gasteiger partial charge in [-0.3, -0.25) is 4.79 Å². The van der Waals surface area contributed by atoms with E-state index in [0.29, 0.717) is 11.2 Å². The summed E-state index contributed by atoms with van der Waals surface area (Å²) in [5, 5.41) is 3.58. The van der Waals surface area contributed by atoms with E-state index in [1.807, 2.05) is 18.2 Å². The van der Waals surface area contributed by atoms with Crippen LogP contribution in [0, 0.1) is 5.82 Å². The number of carbonyl (C=O) groups is 1. The molecule has 4 nitrogen and oxygen atoms in total. The Morgan fingerprint density at radius 2 is 1.73 bits per heavy atom. The van der Waals surface area contributed by atoms with E-state index in [0.717, 1.165) is 17.3 Å². The molecule has 0 saturated heterocycles. The minimum absolute atomic E-state index is 0.225. The molecule has 0 bridgehead atoms. The molecule has 1 aromatic heterocycles. The Bertz CT molecular complexity index is 892. The average Bonchev–Trinajstić information content (AvgIpc) is 3.07. The van der Waals surface area contributed by atoms with Gasteiger partial charge in [0.1, 0.15) is 5.82 Å². The van der Waals surface area contributed by atoms with E-state index >= 15 is 0 Å². The predicted octanol–water partition coefficient (Wildman–Crippen LogP) is 4.60. The highest BCUT2D eigenvalue weighted by molar-refractivity contribution is 6.30. The zero-order valence-electron chi connectivity index (χ0n) is 13.0. The molecule has 0 unspecified atom stereocenters. The summed E-state index contributed by atoms with van der Waals surface area (Å²) in [6, 6.07) is 13.8. The molecule has 2 aromatic carbocycles. The Hall–Kier alpha value is -2.87. The summed E-state index contributed by atoms with van der Waals surface area (Å²) in [5.41, 5.74) is 6.27. The van der Waals surface area contributed by atoms with E-state index < -0.39 is 12.2 Å². The molecule has 136 valence electrons. The number of alkyl halides is 3. The van der Waals surface area contributed by atoms with Crippen molar-refractivity contribution in [3.8, 4) is 11.1 Å². The van der Waals surface area contributed by atoms with Crippen LogP contribution in [0.15, 0.2) is 60.9 Å². The molecule has 0 aliphatic heterocycles. The zero-order valence-corrected chi connectivity index (χ0v) is 13.8. The molecule has 0 saturated carbocycles. The van der Waals surface area contributed by atoms with Gasteiger partial charge in [0.15, 0.2) is 0 Å². The Balaban J connectivity index is 0.000000190. The molecule has 0 fully saturated rings. The number of primary amides is 1. The van der Waals surface area contributed by atoms with Crippen molar-refractivity contribution in [3.05, 3.63) is 77.3 Å². The Morgan fingerprint density at radius 3 is 2.19 bits per heavy atom. The van der Waals surface area contributed by atoms with Gasteiger partial charge in [0, 0.05) is 11.2 Å². The first kappa shape index (κ1) is 19.5. The largest absolute Gasteiger partial charge is 0.504 e. The highest BCUT2D eigenvalue weighted by atomic mass is 35.5. The number of nitrogens with zero attached hydrogens (tertiary/aromatic N) is 2.